The quantitative estimate of drug-likeness (QED) is 0.874. The molecule has 0 saturated heterocycles. The van der Waals surface area contributed by atoms with Gasteiger partial charge in [-0.05, 0) is 25.5 Å². The fraction of sp³-hybridized carbons (Fsp3) is 0.308. The lowest BCUT2D eigenvalue weighted by atomic mass is 10.1. The predicted molar refractivity (Wildman–Crippen MR) is 68.8 cm³/mol. The number of aromatic nitrogens is 3. The molecule has 2 rings (SSSR count). The Morgan fingerprint density at radius 1 is 1.18 bits per heavy atom. The highest BCUT2D eigenvalue weighted by Gasteiger charge is 2.08. The van der Waals surface area contributed by atoms with Gasteiger partial charge in [0.25, 0.3) is 0 Å². The van der Waals surface area contributed by atoms with Gasteiger partial charge in [-0.25, -0.2) is 9.97 Å². The molecule has 0 bridgehead atoms. The van der Waals surface area contributed by atoms with Crippen LogP contribution in [0.3, 0.4) is 0 Å². The zero-order chi connectivity index (χ0) is 12.1. The second kappa shape index (κ2) is 5.39. The maximum absolute atomic E-state index is 4.31. The number of hydrogen-bond acceptors (Lipinski definition) is 4. The lowest BCUT2D eigenvalue weighted by molar-refractivity contribution is 0.959. The van der Waals surface area contributed by atoms with Crippen molar-refractivity contribution in [2.75, 3.05) is 11.9 Å². The Kier molecular flexibility index (Phi) is 3.65. The lowest BCUT2D eigenvalue weighted by Gasteiger charge is -2.10. The molecular weight excluding hydrogens is 212 g/mol. The summed E-state index contributed by atoms with van der Waals surface area (Å²) in [5, 5.41) is 3.29. The summed E-state index contributed by atoms with van der Waals surface area (Å²) in [6.45, 7) is 5.06. The highest BCUT2D eigenvalue weighted by Crippen LogP contribution is 2.22. The van der Waals surface area contributed by atoms with E-state index in [1.54, 1.807) is 12.5 Å². The third-order valence-electron chi connectivity index (χ3n) is 2.53. The summed E-state index contributed by atoms with van der Waals surface area (Å²) in [6.07, 6.45) is 4.42. The average Bonchev–Trinajstić information content (AvgIpc) is 2.39. The minimum atomic E-state index is 0.881. The van der Waals surface area contributed by atoms with Crippen LogP contribution in [0.25, 0.3) is 11.4 Å². The largest absolute Gasteiger partial charge is 0.370 e. The van der Waals surface area contributed by atoms with Crippen LogP contribution >= 0.6 is 0 Å². The van der Waals surface area contributed by atoms with Gasteiger partial charge in [-0.3, -0.25) is 4.98 Å². The van der Waals surface area contributed by atoms with E-state index in [0.717, 1.165) is 35.7 Å². The number of anilines is 1. The Hall–Kier alpha value is -1.97. The van der Waals surface area contributed by atoms with Crippen molar-refractivity contribution in [1.29, 1.82) is 0 Å². The van der Waals surface area contributed by atoms with Gasteiger partial charge in [0.1, 0.15) is 12.1 Å². The van der Waals surface area contributed by atoms with E-state index >= 15 is 0 Å². The minimum Gasteiger partial charge on any atom is -0.370 e. The average molecular weight is 228 g/mol. The van der Waals surface area contributed by atoms with Crippen molar-refractivity contribution in [3.8, 4) is 11.4 Å². The highest BCUT2D eigenvalue weighted by molar-refractivity contribution is 5.64. The molecule has 0 aliphatic rings. The van der Waals surface area contributed by atoms with Crippen LogP contribution in [0.2, 0.25) is 0 Å². The predicted octanol–water partition coefficient (Wildman–Crippen LogP) is 2.67. The zero-order valence-electron chi connectivity index (χ0n) is 10.1. The molecule has 2 aromatic rings. The topological polar surface area (TPSA) is 50.7 Å². The van der Waals surface area contributed by atoms with E-state index in [0.29, 0.717) is 0 Å². The SMILES string of the molecule is CCCNc1ncnc(-c2ccccn2)c1C. The molecule has 2 aromatic heterocycles. The summed E-state index contributed by atoms with van der Waals surface area (Å²) in [4.78, 5) is 12.9. The molecule has 4 nitrogen and oxygen atoms in total. The Bertz CT molecular complexity index is 482. The monoisotopic (exact) mass is 228 g/mol. The number of hydrogen-bond donors (Lipinski definition) is 1. The molecule has 0 atom stereocenters. The van der Waals surface area contributed by atoms with Crippen LogP contribution in [0.5, 0.6) is 0 Å². The smallest absolute Gasteiger partial charge is 0.132 e. The van der Waals surface area contributed by atoms with E-state index in [1.165, 1.54) is 0 Å². The second-order valence-electron chi connectivity index (χ2n) is 3.84. The normalized spacial score (nSPS) is 10.2. The Morgan fingerprint density at radius 2 is 2.06 bits per heavy atom. The van der Waals surface area contributed by atoms with Crippen LogP contribution in [0.4, 0.5) is 5.82 Å². The molecule has 0 saturated carbocycles. The molecule has 0 aliphatic heterocycles. The van der Waals surface area contributed by atoms with Gasteiger partial charge in [0.2, 0.25) is 0 Å². The van der Waals surface area contributed by atoms with Gasteiger partial charge in [-0.2, -0.15) is 0 Å². The molecule has 4 heteroatoms. The number of rotatable bonds is 4. The fourth-order valence-electron chi connectivity index (χ4n) is 1.63. The maximum Gasteiger partial charge on any atom is 0.132 e. The summed E-state index contributed by atoms with van der Waals surface area (Å²) >= 11 is 0. The summed E-state index contributed by atoms with van der Waals surface area (Å²) in [7, 11) is 0. The number of pyridine rings is 1. The molecule has 17 heavy (non-hydrogen) atoms. The Balaban J connectivity index is 2.36. The van der Waals surface area contributed by atoms with E-state index < -0.39 is 0 Å². The fourth-order valence-corrected chi connectivity index (χ4v) is 1.63. The first-order chi connectivity index (χ1) is 8.33. The number of nitrogens with zero attached hydrogens (tertiary/aromatic N) is 3. The molecule has 1 N–H and O–H groups in total. The second-order valence-corrected chi connectivity index (χ2v) is 3.84. The molecule has 0 unspecified atom stereocenters. The first kappa shape index (κ1) is 11.5. The molecule has 0 radical (unpaired) electrons. The Morgan fingerprint density at radius 3 is 2.76 bits per heavy atom. The van der Waals surface area contributed by atoms with Crippen molar-refractivity contribution in [2.24, 2.45) is 0 Å². The molecule has 0 spiro atoms. The van der Waals surface area contributed by atoms with Crippen molar-refractivity contribution in [3.63, 3.8) is 0 Å². The van der Waals surface area contributed by atoms with Gasteiger partial charge in [0, 0.05) is 18.3 Å². The van der Waals surface area contributed by atoms with E-state index in [1.807, 2.05) is 25.1 Å². The standard InChI is InChI=1S/C13H16N4/c1-3-7-15-13-10(2)12(16-9-17-13)11-6-4-5-8-14-11/h4-6,8-9H,3,7H2,1-2H3,(H,15,16,17). The highest BCUT2D eigenvalue weighted by atomic mass is 15.0. The van der Waals surface area contributed by atoms with E-state index in [4.69, 9.17) is 0 Å². The van der Waals surface area contributed by atoms with Crippen LogP contribution in [0.1, 0.15) is 18.9 Å². The van der Waals surface area contributed by atoms with Crippen molar-refractivity contribution >= 4 is 5.82 Å². The molecule has 0 amide bonds. The van der Waals surface area contributed by atoms with Gasteiger partial charge < -0.3 is 5.32 Å². The van der Waals surface area contributed by atoms with Crippen molar-refractivity contribution in [2.45, 2.75) is 20.3 Å². The van der Waals surface area contributed by atoms with E-state index in [2.05, 4.69) is 27.2 Å². The van der Waals surface area contributed by atoms with Crippen LogP contribution in [-0.4, -0.2) is 21.5 Å². The summed E-state index contributed by atoms with van der Waals surface area (Å²) in [6, 6.07) is 5.82. The molecule has 0 aromatic carbocycles. The molecule has 88 valence electrons. The Labute approximate surface area is 101 Å². The van der Waals surface area contributed by atoms with E-state index in [9.17, 15) is 0 Å². The first-order valence-electron chi connectivity index (χ1n) is 5.79. The van der Waals surface area contributed by atoms with Gasteiger partial charge in [-0.1, -0.05) is 13.0 Å². The zero-order valence-corrected chi connectivity index (χ0v) is 10.1. The molecule has 2 heterocycles. The van der Waals surface area contributed by atoms with E-state index in [-0.39, 0.29) is 0 Å². The summed E-state index contributed by atoms with van der Waals surface area (Å²) in [5.41, 5.74) is 2.81. The van der Waals surface area contributed by atoms with Gasteiger partial charge >= 0.3 is 0 Å². The van der Waals surface area contributed by atoms with Crippen molar-refractivity contribution in [3.05, 3.63) is 36.3 Å². The maximum atomic E-state index is 4.31. The van der Waals surface area contributed by atoms with Gasteiger partial charge in [0.15, 0.2) is 0 Å². The van der Waals surface area contributed by atoms with Crippen LogP contribution < -0.4 is 5.32 Å². The molecular formula is C13H16N4. The lowest BCUT2D eigenvalue weighted by Crippen LogP contribution is -2.05. The third-order valence-corrected chi connectivity index (χ3v) is 2.53. The van der Waals surface area contributed by atoms with Crippen LogP contribution in [0, 0.1) is 6.92 Å². The van der Waals surface area contributed by atoms with Crippen LogP contribution in [-0.2, 0) is 0 Å². The molecule has 0 fully saturated rings. The number of nitrogens with one attached hydrogen (secondary N) is 1. The van der Waals surface area contributed by atoms with Crippen LogP contribution in [0.15, 0.2) is 30.7 Å². The van der Waals surface area contributed by atoms with Crippen molar-refractivity contribution in [1.82, 2.24) is 15.0 Å². The minimum absolute atomic E-state index is 0.881. The van der Waals surface area contributed by atoms with Gasteiger partial charge in [-0.15, -0.1) is 0 Å². The first-order valence-corrected chi connectivity index (χ1v) is 5.79. The summed E-state index contributed by atoms with van der Waals surface area (Å²) < 4.78 is 0. The van der Waals surface area contributed by atoms with Crippen molar-refractivity contribution < 1.29 is 0 Å². The molecule has 0 aliphatic carbocycles. The summed E-state index contributed by atoms with van der Waals surface area (Å²) in [5.74, 6) is 0.891. The van der Waals surface area contributed by atoms with Gasteiger partial charge in [0.05, 0.1) is 11.4 Å². The third kappa shape index (κ3) is 2.58.